The van der Waals surface area contributed by atoms with Crippen LogP contribution in [0.1, 0.15) is 35.3 Å². The van der Waals surface area contributed by atoms with Crippen LogP contribution >= 0.6 is 0 Å². The van der Waals surface area contributed by atoms with Crippen LogP contribution in [0.25, 0.3) is 11.0 Å². The van der Waals surface area contributed by atoms with Gasteiger partial charge in [0.1, 0.15) is 0 Å². The zero-order valence-electron chi connectivity index (χ0n) is 15.5. The van der Waals surface area contributed by atoms with E-state index in [1.165, 1.54) is 0 Å². The van der Waals surface area contributed by atoms with Crippen molar-refractivity contribution in [3.8, 4) is 5.75 Å². The summed E-state index contributed by atoms with van der Waals surface area (Å²) in [5.74, 6) is -1.03. The minimum absolute atomic E-state index is 0.309. The maximum Gasteiger partial charge on any atom is 0.534 e. The van der Waals surface area contributed by atoms with Crippen molar-refractivity contribution in [2.24, 2.45) is 0 Å². The van der Waals surface area contributed by atoms with E-state index in [2.05, 4.69) is 14.3 Å². The fourth-order valence-electron chi connectivity index (χ4n) is 2.43. The molecule has 3 heterocycles. The molecule has 1 atom stereocenters. The molecule has 0 spiro atoms. The van der Waals surface area contributed by atoms with Gasteiger partial charge in [0.15, 0.2) is 17.5 Å². The van der Waals surface area contributed by atoms with Crippen molar-refractivity contribution in [1.29, 1.82) is 0 Å². The van der Waals surface area contributed by atoms with E-state index in [1.54, 1.807) is 0 Å². The number of aromatic amines is 1. The number of aromatic nitrogens is 3. The predicted molar refractivity (Wildman–Crippen MR) is 79.5 cm³/mol. The Morgan fingerprint density at radius 1 is 1.48 bits per heavy atom. The second-order valence-electron chi connectivity index (χ2n) is 5.32. The van der Waals surface area contributed by atoms with Crippen molar-refractivity contribution in [3.05, 3.63) is 22.1 Å². The van der Waals surface area contributed by atoms with E-state index in [0.717, 1.165) is 11.1 Å². The summed E-state index contributed by atoms with van der Waals surface area (Å²) in [6.07, 6.45) is 0.948. The van der Waals surface area contributed by atoms with Gasteiger partial charge in [-0.2, -0.15) is 26.7 Å². The lowest BCUT2D eigenvalue weighted by Crippen LogP contribution is -2.28. The summed E-state index contributed by atoms with van der Waals surface area (Å²) in [5.41, 5.74) is -8.30. The van der Waals surface area contributed by atoms with Gasteiger partial charge in [-0.15, -0.1) is 0 Å². The molecule has 0 amide bonds. The molecule has 8 nitrogen and oxygen atoms in total. The molecule has 1 aliphatic rings. The molecule has 138 valence electrons. The van der Waals surface area contributed by atoms with Crippen molar-refractivity contribution < 1.29 is 34.6 Å². The smallest absolute Gasteiger partial charge is 0.373 e. The van der Waals surface area contributed by atoms with E-state index in [0.29, 0.717) is 25.5 Å². The summed E-state index contributed by atoms with van der Waals surface area (Å²) < 4.78 is 94.2. The average molecular weight is 384 g/mol. The number of nitrogens with zero attached hydrogens (tertiary/aromatic N) is 2. The summed E-state index contributed by atoms with van der Waals surface area (Å²) in [5, 5.41) is 3.91. The molecule has 0 radical (unpaired) electrons. The first-order valence-electron chi connectivity index (χ1n) is 8.59. The second-order valence-corrected chi connectivity index (χ2v) is 6.86. The van der Waals surface area contributed by atoms with E-state index in [1.807, 2.05) is 0 Å². The van der Waals surface area contributed by atoms with Crippen LogP contribution in [0.5, 0.6) is 5.75 Å². The van der Waals surface area contributed by atoms with Gasteiger partial charge < -0.3 is 13.9 Å². The number of aryl methyl sites for hydroxylation is 1. The van der Waals surface area contributed by atoms with Crippen LogP contribution in [0.3, 0.4) is 0 Å². The maximum atomic E-state index is 12.6. The van der Waals surface area contributed by atoms with E-state index >= 15 is 0 Å². The molecular formula is C13H14F3N3O5S. The highest BCUT2D eigenvalue weighted by atomic mass is 32.2. The van der Waals surface area contributed by atoms with Crippen molar-refractivity contribution >= 4 is 21.2 Å². The lowest BCUT2D eigenvalue weighted by molar-refractivity contribution is -0.0500. The molecule has 1 N–H and O–H groups in total. The van der Waals surface area contributed by atoms with Crippen LogP contribution in [0.15, 0.2) is 10.9 Å². The Morgan fingerprint density at radius 2 is 2.24 bits per heavy atom. The molecule has 0 bridgehead atoms. The maximum absolute atomic E-state index is 12.6. The van der Waals surface area contributed by atoms with Crippen LogP contribution in [0.4, 0.5) is 13.2 Å². The molecule has 1 unspecified atom stereocenters. The Morgan fingerprint density at radius 3 is 2.84 bits per heavy atom. The first kappa shape index (κ1) is 14.1. The van der Waals surface area contributed by atoms with Gasteiger partial charge in [0, 0.05) is 16.8 Å². The third-order valence-electron chi connectivity index (χ3n) is 3.57. The zero-order valence-corrected chi connectivity index (χ0v) is 13.3. The first-order valence-corrected chi connectivity index (χ1v) is 8.50. The molecule has 1 aliphatic heterocycles. The van der Waals surface area contributed by atoms with E-state index in [4.69, 9.17) is 8.85 Å². The SMILES string of the molecule is [2H]C([2H])([2H])c1c2[nH]c(=O)cc(OS(=O)(=O)C(F)(F)F)c2nn1C1CCCCO1. The molecule has 1 fully saturated rings. The van der Waals surface area contributed by atoms with Crippen LogP contribution in [-0.4, -0.2) is 35.3 Å². The normalized spacial score (nSPS) is 21.6. The third-order valence-corrected chi connectivity index (χ3v) is 4.53. The van der Waals surface area contributed by atoms with Gasteiger partial charge in [-0.3, -0.25) is 4.79 Å². The monoisotopic (exact) mass is 384 g/mol. The number of pyridine rings is 1. The van der Waals surface area contributed by atoms with Gasteiger partial charge in [0.25, 0.3) is 5.56 Å². The minimum atomic E-state index is -6.10. The Labute approximate surface area is 143 Å². The number of hydrogen-bond acceptors (Lipinski definition) is 6. The van der Waals surface area contributed by atoms with Gasteiger partial charge >= 0.3 is 15.6 Å². The van der Waals surface area contributed by atoms with E-state index in [-0.39, 0.29) is 0 Å². The Balaban J connectivity index is 2.25. The fourth-order valence-corrected chi connectivity index (χ4v) is 2.88. The van der Waals surface area contributed by atoms with Gasteiger partial charge in [-0.1, -0.05) is 0 Å². The number of halogens is 3. The van der Waals surface area contributed by atoms with Crippen molar-refractivity contribution in [2.75, 3.05) is 6.61 Å². The first-order chi connectivity index (χ1) is 12.8. The number of hydrogen-bond donors (Lipinski definition) is 1. The van der Waals surface area contributed by atoms with Crippen LogP contribution in [0, 0.1) is 6.85 Å². The topological polar surface area (TPSA) is 103 Å². The van der Waals surface area contributed by atoms with Crippen LogP contribution in [-0.2, 0) is 14.9 Å². The number of ether oxygens (including phenoxy) is 1. The van der Waals surface area contributed by atoms with E-state index < -0.39 is 56.7 Å². The lowest BCUT2D eigenvalue weighted by Gasteiger charge is -2.23. The zero-order chi connectivity index (χ0) is 20.9. The van der Waals surface area contributed by atoms with Gasteiger partial charge in [-0.05, 0) is 26.1 Å². The highest BCUT2D eigenvalue weighted by Crippen LogP contribution is 2.32. The number of fused-ring (bicyclic) bond motifs is 1. The highest BCUT2D eigenvalue weighted by Gasteiger charge is 2.49. The quantitative estimate of drug-likeness (QED) is 0.641. The summed E-state index contributed by atoms with van der Waals surface area (Å²) >= 11 is 0. The van der Waals surface area contributed by atoms with Crippen molar-refractivity contribution in [3.63, 3.8) is 0 Å². The van der Waals surface area contributed by atoms with E-state index in [9.17, 15) is 26.4 Å². The van der Waals surface area contributed by atoms with Gasteiger partial charge in [-0.25, -0.2) is 4.68 Å². The molecule has 25 heavy (non-hydrogen) atoms. The highest BCUT2D eigenvalue weighted by molar-refractivity contribution is 7.88. The van der Waals surface area contributed by atoms with Gasteiger partial charge in [0.05, 0.1) is 11.2 Å². The molecule has 1 saturated heterocycles. The Hall–Kier alpha value is -2.08. The number of H-pyrrole nitrogens is 1. The average Bonchev–Trinajstić information content (AvgIpc) is 2.94. The summed E-state index contributed by atoms with van der Waals surface area (Å²) in [6, 6.07) is 0.452. The molecule has 2 aromatic heterocycles. The number of rotatable bonds is 3. The molecule has 12 heteroatoms. The standard InChI is InChI=1S/C13H14F3N3O5S/c1-7-11-12(18-19(7)10-4-2-3-5-23-10)8(6-9(20)17-11)24-25(21,22)13(14,15)16/h6,10H,2-5H2,1H3,(H,17,20)/i1D3. The molecule has 2 aromatic rings. The summed E-state index contributed by atoms with van der Waals surface area (Å²) in [7, 11) is -6.10. The Bertz CT molecular complexity index is 1060. The minimum Gasteiger partial charge on any atom is -0.373 e. The third kappa shape index (κ3) is 3.23. The number of nitrogens with one attached hydrogen (secondary N) is 1. The molecule has 0 aromatic carbocycles. The van der Waals surface area contributed by atoms with Crippen molar-refractivity contribution in [1.82, 2.24) is 14.8 Å². The van der Waals surface area contributed by atoms with Crippen LogP contribution in [0.2, 0.25) is 0 Å². The molecule has 0 saturated carbocycles. The molecule has 0 aliphatic carbocycles. The largest absolute Gasteiger partial charge is 0.534 e. The fraction of sp³-hybridized carbons (Fsp3) is 0.538. The second kappa shape index (κ2) is 6.02. The number of alkyl halides is 3. The predicted octanol–water partition coefficient (Wildman–Crippen LogP) is 1.96. The van der Waals surface area contributed by atoms with Gasteiger partial charge in [0.2, 0.25) is 0 Å². The lowest BCUT2D eigenvalue weighted by atomic mass is 10.2. The molecular weight excluding hydrogens is 367 g/mol. The summed E-state index contributed by atoms with van der Waals surface area (Å²) in [4.78, 5) is 14.0. The van der Waals surface area contributed by atoms with Crippen molar-refractivity contribution in [2.45, 2.75) is 37.9 Å². The Kier molecular flexibility index (Phi) is 3.40. The summed E-state index contributed by atoms with van der Waals surface area (Å²) in [6.45, 7) is -2.52. The van der Waals surface area contributed by atoms with Crippen LogP contribution < -0.4 is 9.74 Å². The molecule has 3 rings (SSSR count).